The summed E-state index contributed by atoms with van der Waals surface area (Å²) in [6, 6.07) is 3.85. The number of carboxylic acid groups (broad SMARTS) is 1. The molecular weight excluding hydrogens is 305 g/mol. The molecule has 5 nitrogen and oxygen atoms in total. The number of aliphatic carboxylic acids is 1. The number of hydrogen-bond donors (Lipinski definition) is 2. The van der Waals surface area contributed by atoms with Crippen LogP contribution in [-0.4, -0.2) is 23.2 Å². The van der Waals surface area contributed by atoms with Gasteiger partial charge in [-0.15, -0.1) is 0 Å². The van der Waals surface area contributed by atoms with E-state index in [2.05, 4.69) is 5.32 Å². The molecule has 0 saturated carbocycles. The summed E-state index contributed by atoms with van der Waals surface area (Å²) in [5.74, 6) is -1.09. The minimum Gasteiger partial charge on any atom is -0.480 e. The monoisotopic (exact) mass is 319 g/mol. The SMILES string of the molecule is CCCC(NC(=O)OCc1ccc(Cl)cc1Cl)C(=O)O. The molecule has 1 aromatic carbocycles. The van der Waals surface area contributed by atoms with E-state index in [0.29, 0.717) is 28.5 Å². The van der Waals surface area contributed by atoms with Crippen molar-refractivity contribution in [1.29, 1.82) is 0 Å². The maximum Gasteiger partial charge on any atom is 0.408 e. The van der Waals surface area contributed by atoms with Crippen LogP contribution in [0.1, 0.15) is 25.3 Å². The van der Waals surface area contributed by atoms with Gasteiger partial charge in [0.15, 0.2) is 0 Å². The van der Waals surface area contributed by atoms with E-state index in [0.717, 1.165) is 0 Å². The number of hydrogen-bond acceptors (Lipinski definition) is 3. The van der Waals surface area contributed by atoms with Crippen molar-refractivity contribution < 1.29 is 19.4 Å². The van der Waals surface area contributed by atoms with E-state index >= 15 is 0 Å². The normalized spacial score (nSPS) is 11.8. The first-order valence-electron chi connectivity index (χ1n) is 6.04. The molecule has 0 spiro atoms. The standard InChI is InChI=1S/C13H15Cl2NO4/c1-2-3-11(12(17)18)16-13(19)20-7-8-4-5-9(14)6-10(8)15/h4-6,11H,2-3,7H2,1H3,(H,16,19)(H,17,18). The summed E-state index contributed by atoms with van der Waals surface area (Å²) in [4.78, 5) is 22.4. The highest BCUT2D eigenvalue weighted by molar-refractivity contribution is 6.35. The number of rotatable bonds is 6. The van der Waals surface area contributed by atoms with Gasteiger partial charge in [0, 0.05) is 15.6 Å². The molecule has 0 saturated heterocycles. The van der Waals surface area contributed by atoms with E-state index in [1.54, 1.807) is 12.1 Å². The maximum absolute atomic E-state index is 11.5. The van der Waals surface area contributed by atoms with Crippen LogP contribution in [0.25, 0.3) is 0 Å². The Morgan fingerprint density at radius 3 is 2.65 bits per heavy atom. The summed E-state index contributed by atoms with van der Waals surface area (Å²) >= 11 is 11.7. The van der Waals surface area contributed by atoms with E-state index in [1.165, 1.54) is 6.07 Å². The van der Waals surface area contributed by atoms with Crippen LogP contribution in [0.15, 0.2) is 18.2 Å². The van der Waals surface area contributed by atoms with Gasteiger partial charge in [-0.3, -0.25) is 0 Å². The van der Waals surface area contributed by atoms with E-state index in [-0.39, 0.29) is 6.61 Å². The fourth-order valence-corrected chi connectivity index (χ4v) is 1.98. The van der Waals surface area contributed by atoms with Gasteiger partial charge in [0.25, 0.3) is 0 Å². The van der Waals surface area contributed by atoms with Crippen molar-refractivity contribution in [2.24, 2.45) is 0 Å². The molecule has 110 valence electrons. The minimum absolute atomic E-state index is 0.0553. The van der Waals surface area contributed by atoms with Crippen LogP contribution in [-0.2, 0) is 16.1 Å². The molecule has 1 atom stereocenters. The average molecular weight is 320 g/mol. The zero-order valence-corrected chi connectivity index (χ0v) is 12.4. The zero-order chi connectivity index (χ0) is 15.1. The molecule has 0 aliphatic carbocycles. The molecule has 1 amide bonds. The van der Waals surface area contributed by atoms with Crippen LogP contribution in [0, 0.1) is 0 Å². The Hall–Kier alpha value is -1.46. The second-order valence-corrected chi connectivity index (χ2v) is 4.98. The number of alkyl carbamates (subject to hydrolysis) is 1. The van der Waals surface area contributed by atoms with Gasteiger partial charge in [0.2, 0.25) is 0 Å². The van der Waals surface area contributed by atoms with Gasteiger partial charge in [-0.25, -0.2) is 9.59 Å². The number of carbonyl (C=O) groups is 2. The molecular formula is C13H15Cl2NO4. The van der Waals surface area contributed by atoms with Crippen LogP contribution in [0.5, 0.6) is 0 Å². The van der Waals surface area contributed by atoms with Crippen LogP contribution in [0.2, 0.25) is 10.0 Å². The molecule has 0 radical (unpaired) electrons. The summed E-state index contributed by atoms with van der Waals surface area (Å²) in [5, 5.41) is 12.1. The first-order chi connectivity index (χ1) is 9.43. The lowest BCUT2D eigenvalue weighted by Crippen LogP contribution is -2.40. The third kappa shape index (κ3) is 5.27. The second-order valence-electron chi connectivity index (χ2n) is 4.14. The van der Waals surface area contributed by atoms with Crippen LogP contribution < -0.4 is 5.32 Å². The smallest absolute Gasteiger partial charge is 0.408 e. The van der Waals surface area contributed by atoms with Gasteiger partial charge in [-0.1, -0.05) is 42.6 Å². The Labute approximate surface area is 126 Å². The van der Waals surface area contributed by atoms with Crippen molar-refractivity contribution in [3.8, 4) is 0 Å². The van der Waals surface area contributed by atoms with Gasteiger partial charge in [0.05, 0.1) is 0 Å². The Morgan fingerprint density at radius 1 is 1.40 bits per heavy atom. The summed E-state index contributed by atoms with van der Waals surface area (Å²) in [7, 11) is 0. The molecule has 0 bridgehead atoms. The lowest BCUT2D eigenvalue weighted by Gasteiger charge is -2.14. The first kappa shape index (κ1) is 16.6. The topological polar surface area (TPSA) is 75.6 Å². The van der Waals surface area contributed by atoms with E-state index in [1.807, 2.05) is 6.92 Å². The molecule has 1 rings (SSSR count). The van der Waals surface area contributed by atoms with Crippen LogP contribution in [0.3, 0.4) is 0 Å². The van der Waals surface area contributed by atoms with Gasteiger partial charge in [0.1, 0.15) is 12.6 Å². The van der Waals surface area contributed by atoms with Crippen molar-refractivity contribution in [3.63, 3.8) is 0 Å². The third-order valence-electron chi connectivity index (χ3n) is 2.54. The molecule has 0 fully saturated rings. The Balaban J connectivity index is 2.52. The number of halogens is 2. The predicted octanol–water partition coefficient (Wildman–Crippen LogP) is 3.47. The quantitative estimate of drug-likeness (QED) is 0.841. The highest BCUT2D eigenvalue weighted by Crippen LogP contribution is 2.21. The molecule has 0 heterocycles. The number of benzene rings is 1. The summed E-state index contributed by atoms with van der Waals surface area (Å²) in [6.07, 6.45) is 0.184. The third-order valence-corrected chi connectivity index (χ3v) is 3.13. The molecule has 2 N–H and O–H groups in total. The Morgan fingerprint density at radius 2 is 2.10 bits per heavy atom. The fourth-order valence-electron chi connectivity index (χ4n) is 1.51. The number of nitrogens with one attached hydrogen (secondary N) is 1. The molecule has 0 aliphatic rings. The number of ether oxygens (including phenoxy) is 1. The lowest BCUT2D eigenvalue weighted by molar-refractivity contribution is -0.139. The molecule has 0 aromatic heterocycles. The van der Waals surface area contributed by atoms with Crippen molar-refractivity contribution in [1.82, 2.24) is 5.32 Å². The highest BCUT2D eigenvalue weighted by Gasteiger charge is 2.19. The second kappa shape index (κ2) is 7.97. The average Bonchev–Trinajstić information content (AvgIpc) is 2.37. The predicted molar refractivity (Wildman–Crippen MR) is 76.1 cm³/mol. The van der Waals surface area contributed by atoms with Crippen molar-refractivity contribution >= 4 is 35.3 Å². The Kier molecular flexibility index (Phi) is 6.61. The zero-order valence-electron chi connectivity index (χ0n) is 10.9. The highest BCUT2D eigenvalue weighted by atomic mass is 35.5. The van der Waals surface area contributed by atoms with Crippen molar-refractivity contribution in [2.75, 3.05) is 0 Å². The molecule has 1 aromatic rings. The largest absolute Gasteiger partial charge is 0.480 e. The molecule has 7 heteroatoms. The van der Waals surface area contributed by atoms with Gasteiger partial charge >= 0.3 is 12.1 Å². The molecule has 20 heavy (non-hydrogen) atoms. The fraction of sp³-hybridized carbons (Fsp3) is 0.385. The van der Waals surface area contributed by atoms with Gasteiger partial charge < -0.3 is 15.2 Å². The number of carbonyl (C=O) groups excluding carboxylic acids is 1. The van der Waals surface area contributed by atoms with Gasteiger partial charge in [-0.2, -0.15) is 0 Å². The number of amides is 1. The van der Waals surface area contributed by atoms with Crippen LogP contribution >= 0.6 is 23.2 Å². The van der Waals surface area contributed by atoms with E-state index < -0.39 is 18.1 Å². The first-order valence-corrected chi connectivity index (χ1v) is 6.79. The molecule has 1 unspecified atom stereocenters. The summed E-state index contributed by atoms with van der Waals surface area (Å²) in [5.41, 5.74) is 0.591. The minimum atomic E-state index is -1.09. The van der Waals surface area contributed by atoms with Crippen molar-refractivity contribution in [3.05, 3.63) is 33.8 Å². The van der Waals surface area contributed by atoms with Gasteiger partial charge in [-0.05, 0) is 18.6 Å². The van der Waals surface area contributed by atoms with Crippen LogP contribution in [0.4, 0.5) is 4.79 Å². The Bertz CT molecular complexity index is 493. The molecule has 0 aliphatic heterocycles. The summed E-state index contributed by atoms with van der Waals surface area (Å²) < 4.78 is 4.93. The maximum atomic E-state index is 11.5. The lowest BCUT2D eigenvalue weighted by atomic mass is 10.2. The van der Waals surface area contributed by atoms with Crippen molar-refractivity contribution in [2.45, 2.75) is 32.4 Å². The van der Waals surface area contributed by atoms with E-state index in [9.17, 15) is 9.59 Å². The number of carboxylic acids is 1. The summed E-state index contributed by atoms with van der Waals surface area (Å²) in [6.45, 7) is 1.77. The van der Waals surface area contributed by atoms with E-state index in [4.69, 9.17) is 33.0 Å².